The van der Waals surface area contributed by atoms with E-state index in [1.165, 1.54) is 11.7 Å². The van der Waals surface area contributed by atoms with Crippen molar-refractivity contribution in [1.82, 2.24) is 9.90 Å². The molecule has 1 aromatic heterocycles. The SMILES string of the molecule is CC(=O)Nc1cc(N)c(-n2nc3ccccc3[n+]2[O-])cc1C. The van der Waals surface area contributed by atoms with Crippen LogP contribution in [-0.2, 0) is 4.79 Å². The third-order valence-electron chi connectivity index (χ3n) is 3.36. The van der Waals surface area contributed by atoms with Crippen molar-refractivity contribution in [3.05, 3.63) is 47.2 Å². The molecular weight excluding hydrogens is 282 g/mol. The Morgan fingerprint density at radius 1 is 1.36 bits per heavy atom. The lowest BCUT2D eigenvalue weighted by Crippen LogP contribution is -2.37. The first kappa shape index (κ1) is 13.9. The van der Waals surface area contributed by atoms with Crippen LogP contribution in [0.2, 0.25) is 0 Å². The Bertz CT molecular complexity index is 885. The number of para-hydroxylation sites is 1. The molecule has 7 heteroatoms. The quantitative estimate of drug-likeness (QED) is 0.425. The van der Waals surface area contributed by atoms with Gasteiger partial charge < -0.3 is 16.3 Å². The maximum absolute atomic E-state index is 12.3. The summed E-state index contributed by atoms with van der Waals surface area (Å²) in [6, 6.07) is 10.4. The van der Waals surface area contributed by atoms with Gasteiger partial charge in [0, 0.05) is 12.6 Å². The molecule has 0 saturated carbocycles. The van der Waals surface area contributed by atoms with Crippen molar-refractivity contribution < 1.29 is 9.64 Å². The summed E-state index contributed by atoms with van der Waals surface area (Å²) in [7, 11) is 0. The van der Waals surface area contributed by atoms with Gasteiger partial charge in [-0.2, -0.15) is 0 Å². The molecule has 0 aliphatic rings. The van der Waals surface area contributed by atoms with Crippen molar-refractivity contribution >= 4 is 28.3 Å². The van der Waals surface area contributed by atoms with Crippen LogP contribution in [0.1, 0.15) is 12.5 Å². The van der Waals surface area contributed by atoms with Gasteiger partial charge in [0.2, 0.25) is 16.9 Å². The van der Waals surface area contributed by atoms with Crippen LogP contribution in [0, 0.1) is 12.1 Å². The summed E-state index contributed by atoms with van der Waals surface area (Å²) < 4.78 is 0. The smallest absolute Gasteiger partial charge is 0.250 e. The van der Waals surface area contributed by atoms with Gasteiger partial charge in [0.1, 0.15) is 0 Å². The second kappa shape index (κ2) is 5.03. The van der Waals surface area contributed by atoms with E-state index in [9.17, 15) is 10.0 Å². The van der Waals surface area contributed by atoms with E-state index in [0.717, 1.165) is 5.56 Å². The highest BCUT2D eigenvalue weighted by Gasteiger charge is 2.18. The predicted octanol–water partition coefficient (Wildman–Crippen LogP) is 1.51. The van der Waals surface area contributed by atoms with Gasteiger partial charge in [0.15, 0.2) is 5.69 Å². The second-order valence-corrected chi connectivity index (χ2v) is 5.06. The zero-order valence-electron chi connectivity index (χ0n) is 12.2. The molecule has 0 spiro atoms. The summed E-state index contributed by atoms with van der Waals surface area (Å²) >= 11 is 0. The zero-order chi connectivity index (χ0) is 15.9. The number of nitrogens with zero attached hydrogens (tertiary/aromatic N) is 3. The average Bonchev–Trinajstić information content (AvgIpc) is 2.80. The van der Waals surface area contributed by atoms with Gasteiger partial charge in [-0.1, -0.05) is 12.1 Å². The molecule has 0 aliphatic heterocycles. The number of carbonyl (C=O) groups excluding carboxylic acids is 1. The number of nitrogens with two attached hydrogens (primary N) is 1. The van der Waals surface area contributed by atoms with Crippen LogP contribution in [-0.4, -0.2) is 15.8 Å². The summed E-state index contributed by atoms with van der Waals surface area (Å²) in [5.41, 5.74) is 9.30. The van der Waals surface area contributed by atoms with Gasteiger partial charge in [-0.25, -0.2) is 0 Å². The number of hydrogen-bond acceptors (Lipinski definition) is 4. The molecule has 1 amide bonds. The topological polar surface area (TPSA) is 99.9 Å². The highest BCUT2D eigenvalue weighted by atomic mass is 16.5. The molecule has 112 valence electrons. The molecule has 22 heavy (non-hydrogen) atoms. The van der Waals surface area contributed by atoms with E-state index in [0.29, 0.717) is 32.9 Å². The summed E-state index contributed by atoms with van der Waals surface area (Å²) in [5.74, 6) is -0.182. The Morgan fingerprint density at radius 2 is 2.09 bits per heavy atom. The summed E-state index contributed by atoms with van der Waals surface area (Å²) in [6.07, 6.45) is 0. The fourth-order valence-corrected chi connectivity index (χ4v) is 2.31. The number of aromatic nitrogens is 3. The first-order valence-electron chi connectivity index (χ1n) is 6.73. The Labute approximate surface area is 126 Å². The number of fused-ring (bicyclic) bond motifs is 1. The minimum absolute atomic E-state index is 0.182. The highest BCUT2D eigenvalue weighted by molar-refractivity contribution is 5.90. The summed E-state index contributed by atoms with van der Waals surface area (Å²) in [5, 5.41) is 19.3. The van der Waals surface area contributed by atoms with E-state index in [1.54, 1.807) is 30.3 Å². The molecule has 7 nitrogen and oxygen atoms in total. The average molecular weight is 297 g/mol. The first-order valence-corrected chi connectivity index (χ1v) is 6.73. The minimum atomic E-state index is -0.182. The normalized spacial score (nSPS) is 10.8. The Morgan fingerprint density at radius 3 is 2.77 bits per heavy atom. The number of carbonyl (C=O) groups is 1. The Kier molecular flexibility index (Phi) is 3.17. The number of anilines is 2. The number of benzene rings is 2. The lowest BCUT2D eigenvalue weighted by Gasteiger charge is -2.11. The van der Waals surface area contributed by atoms with E-state index in [-0.39, 0.29) is 5.91 Å². The molecule has 0 saturated heterocycles. The number of aryl methyl sites for hydroxylation is 1. The van der Waals surface area contributed by atoms with E-state index >= 15 is 0 Å². The van der Waals surface area contributed by atoms with Crippen LogP contribution >= 0.6 is 0 Å². The molecule has 0 radical (unpaired) electrons. The molecule has 3 rings (SSSR count). The number of amides is 1. The van der Waals surface area contributed by atoms with Crippen molar-refractivity contribution in [3.8, 4) is 5.69 Å². The molecule has 1 heterocycles. The monoisotopic (exact) mass is 297 g/mol. The molecule has 0 unspecified atom stereocenters. The fourth-order valence-electron chi connectivity index (χ4n) is 2.31. The van der Waals surface area contributed by atoms with E-state index in [2.05, 4.69) is 10.4 Å². The van der Waals surface area contributed by atoms with E-state index < -0.39 is 0 Å². The van der Waals surface area contributed by atoms with E-state index in [1.807, 2.05) is 13.0 Å². The maximum Gasteiger partial charge on any atom is 0.250 e. The van der Waals surface area contributed by atoms with Crippen molar-refractivity contribution in [2.45, 2.75) is 13.8 Å². The number of hydrogen-bond donors (Lipinski definition) is 2. The molecule has 3 N–H and O–H groups in total. The number of nitrogen functional groups attached to an aromatic ring is 1. The van der Waals surface area contributed by atoms with Gasteiger partial charge in [0.05, 0.1) is 10.8 Å². The zero-order valence-corrected chi connectivity index (χ0v) is 12.2. The standard InChI is InChI=1S/C15H15N5O2/c1-9-7-15(11(16)8-13(9)17-10(2)21)19-18-12-5-3-4-6-14(12)20(19)22/h3-8H,16H2,1-2H3,(H,17,21). The molecule has 0 fully saturated rings. The number of nitrogens with one attached hydrogen (secondary N) is 1. The van der Waals surface area contributed by atoms with Gasteiger partial charge in [0.25, 0.3) is 0 Å². The van der Waals surface area contributed by atoms with Gasteiger partial charge >= 0.3 is 0 Å². The maximum atomic E-state index is 12.3. The number of rotatable bonds is 2. The largest absolute Gasteiger partial charge is 0.692 e. The molecule has 0 aliphatic carbocycles. The van der Waals surface area contributed by atoms with Crippen LogP contribution < -0.4 is 15.9 Å². The molecular formula is C15H15N5O2. The van der Waals surface area contributed by atoms with Gasteiger partial charge in [-0.05, 0) is 41.5 Å². The van der Waals surface area contributed by atoms with Crippen LogP contribution in [0.25, 0.3) is 16.7 Å². The molecule has 0 bridgehead atoms. The summed E-state index contributed by atoms with van der Waals surface area (Å²) in [6.45, 7) is 3.25. The third-order valence-corrected chi connectivity index (χ3v) is 3.36. The van der Waals surface area contributed by atoms with Crippen LogP contribution in [0.3, 0.4) is 0 Å². The molecule has 2 aromatic carbocycles. The van der Waals surface area contributed by atoms with Gasteiger partial charge in [-0.3, -0.25) is 4.79 Å². The molecule has 3 aromatic rings. The molecule has 0 atom stereocenters. The van der Waals surface area contributed by atoms with Crippen LogP contribution in [0.15, 0.2) is 36.4 Å². The van der Waals surface area contributed by atoms with Crippen molar-refractivity contribution in [3.63, 3.8) is 0 Å². The van der Waals surface area contributed by atoms with Gasteiger partial charge in [-0.15, -0.1) is 4.85 Å². The second-order valence-electron chi connectivity index (χ2n) is 5.06. The minimum Gasteiger partial charge on any atom is -0.692 e. The summed E-state index contributed by atoms with van der Waals surface area (Å²) in [4.78, 5) is 13.1. The van der Waals surface area contributed by atoms with Crippen molar-refractivity contribution in [1.29, 1.82) is 0 Å². The Hall–Kier alpha value is -3.09. The lowest BCUT2D eigenvalue weighted by molar-refractivity contribution is -0.664. The van der Waals surface area contributed by atoms with Crippen LogP contribution in [0.4, 0.5) is 11.4 Å². The lowest BCUT2D eigenvalue weighted by atomic mass is 10.1. The highest BCUT2D eigenvalue weighted by Crippen LogP contribution is 2.25. The van der Waals surface area contributed by atoms with Crippen LogP contribution in [0.5, 0.6) is 0 Å². The first-order chi connectivity index (χ1) is 10.5. The van der Waals surface area contributed by atoms with E-state index in [4.69, 9.17) is 5.73 Å². The predicted molar refractivity (Wildman–Crippen MR) is 83.5 cm³/mol. The third kappa shape index (κ3) is 2.22. The Balaban J connectivity index is 2.16. The fraction of sp³-hybridized carbons (Fsp3) is 0.133. The van der Waals surface area contributed by atoms with Crippen molar-refractivity contribution in [2.75, 3.05) is 11.1 Å². The van der Waals surface area contributed by atoms with Crippen molar-refractivity contribution in [2.24, 2.45) is 0 Å².